The Morgan fingerprint density at radius 1 is 1.83 bits per heavy atom. The van der Waals surface area contributed by atoms with Crippen molar-refractivity contribution >= 4 is 18.3 Å². The summed E-state index contributed by atoms with van der Waals surface area (Å²) in [4.78, 5) is 9.88. The highest BCUT2D eigenvalue weighted by Crippen LogP contribution is 2.11. The second kappa shape index (κ2) is 1.49. The largest absolute Gasteiger partial charge is 0.362 e. The van der Waals surface area contributed by atoms with Gasteiger partial charge >= 0.3 is 5.97 Å². The van der Waals surface area contributed by atoms with Gasteiger partial charge in [-0.05, 0) is 0 Å². The van der Waals surface area contributed by atoms with Gasteiger partial charge in [0, 0.05) is 0 Å². The Morgan fingerprint density at radius 2 is 2.67 bits per heavy atom. The number of carbonyl (C=O) groups is 1. The van der Waals surface area contributed by atoms with Gasteiger partial charge in [0.1, 0.15) is 0 Å². The van der Waals surface area contributed by atoms with Crippen LogP contribution >= 0.6 is 12.3 Å². The van der Waals surface area contributed by atoms with E-state index in [4.69, 9.17) is 0 Å². The summed E-state index contributed by atoms with van der Waals surface area (Å²) in [5, 5.41) is 0. The zero-order chi connectivity index (χ0) is 4.41. The van der Waals surface area contributed by atoms with Crippen molar-refractivity contribution in [3.05, 3.63) is 0 Å². The first kappa shape index (κ1) is 3.95. The standard InChI is InChI=1S/C2H2O3S/c3-2-1-4-6-5-2/h1H2. The molecule has 0 unspecified atom stereocenters. The molecule has 1 heterocycles. The zero-order valence-electron chi connectivity index (χ0n) is 2.84. The minimum atomic E-state index is -0.306. The molecule has 3 nitrogen and oxygen atoms in total. The lowest BCUT2D eigenvalue weighted by Crippen LogP contribution is -1.93. The van der Waals surface area contributed by atoms with Crippen LogP contribution in [0.2, 0.25) is 0 Å². The summed E-state index contributed by atoms with van der Waals surface area (Å²) in [6, 6.07) is 0. The Hall–Kier alpha value is -0.220. The van der Waals surface area contributed by atoms with Crippen molar-refractivity contribution in [3.63, 3.8) is 0 Å². The van der Waals surface area contributed by atoms with Crippen molar-refractivity contribution in [1.29, 1.82) is 0 Å². The van der Waals surface area contributed by atoms with E-state index in [1.165, 1.54) is 0 Å². The van der Waals surface area contributed by atoms with Crippen molar-refractivity contribution < 1.29 is 13.2 Å². The van der Waals surface area contributed by atoms with Gasteiger partial charge in [0.15, 0.2) is 6.61 Å². The van der Waals surface area contributed by atoms with E-state index in [0.717, 1.165) is 12.3 Å². The molecule has 1 fully saturated rings. The Kier molecular flexibility index (Phi) is 0.979. The van der Waals surface area contributed by atoms with E-state index in [1.807, 2.05) is 0 Å². The quantitative estimate of drug-likeness (QED) is 0.411. The van der Waals surface area contributed by atoms with E-state index >= 15 is 0 Å². The second-order valence-corrected chi connectivity index (χ2v) is 1.32. The van der Waals surface area contributed by atoms with Gasteiger partial charge in [-0.15, -0.1) is 0 Å². The van der Waals surface area contributed by atoms with Gasteiger partial charge in [-0.3, -0.25) is 4.18 Å². The number of rotatable bonds is 0. The number of hydrogen-bond acceptors (Lipinski definition) is 4. The number of hydrogen-bond donors (Lipinski definition) is 0. The van der Waals surface area contributed by atoms with E-state index in [2.05, 4.69) is 8.37 Å². The maximum atomic E-state index is 9.88. The third kappa shape index (κ3) is 0.636. The first-order valence-electron chi connectivity index (χ1n) is 1.38. The van der Waals surface area contributed by atoms with Gasteiger partial charge in [0.25, 0.3) is 0 Å². The van der Waals surface area contributed by atoms with E-state index in [9.17, 15) is 4.79 Å². The normalized spacial score (nSPS) is 21.0. The van der Waals surface area contributed by atoms with E-state index < -0.39 is 0 Å². The topological polar surface area (TPSA) is 35.5 Å². The molecule has 1 saturated heterocycles. The molecule has 0 N–H and O–H groups in total. The van der Waals surface area contributed by atoms with Crippen LogP contribution in [0.1, 0.15) is 0 Å². The predicted molar refractivity (Wildman–Crippen MR) is 19.6 cm³/mol. The average Bonchev–Trinajstić information content (AvgIpc) is 1.86. The minimum absolute atomic E-state index is 0.0880. The molecule has 0 amide bonds. The van der Waals surface area contributed by atoms with Crippen LogP contribution < -0.4 is 0 Å². The summed E-state index contributed by atoms with van der Waals surface area (Å²) in [6.45, 7) is 0.0880. The van der Waals surface area contributed by atoms with Gasteiger partial charge < -0.3 is 4.18 Å². The molecule has 1 aliphatic rings. The molecule has 0 spiro atoms. The molecular weight excluding hydrogens is 104 g/mol. The zero-order valence-corrected chi connectivity index (χ0v) is 3.66. The molecule has 6 heavy (non-hydrogen) atoms. The summed E-state index contributed by atoms with van der Waals surface area (Å²) < 4.78 is 8.61. The van der Waals surface area contributed by atoms with E-state index in [0.29, 0.717) is 0 Å². The van der Waals surface area contributed by atoms with Crippen LogP contribution in [0.4, 0.5) is 0 Å². The van der Waals surface area contributed by atoms with Gasteiger partial charge in [0.2, 0.25) is 12.3 Å². The Balaban J connectivity index is 2.37. The van der Waals surface area contributed by atoms with Gasteiger partial charge in [0.05, 0.1) is 0 Å². The molecule has 0 atom stereocenters. The van der Waals surface area contributed by atoms with Crippen molar-refractivity contribution in [2.75, 3.05) is 6.61 Å². The van der Waals surface area contributed by atoms with Gasteiger partial charge in [-0.2, -0.15) is 0 Å². The third-order valence-corrected chi connectivity index (χ3v) is 0.820. The average molecular weight is 106 g/mol. The molecule has 1 aliphatic heterocycles. The number of carbonyl (C=O) groups excluding carboxylic acids is 1. The van der Waals surface area contributed by atoms with Crippen molar-refractivity contribution in [2.45, 2.75) is 0 Å². The van der Waals surface area contributed by atoms with Crippen molar-refractivity contribution in [3.8, 4) is 0 Å². The van der Waals surface area contributed by atoms with Crippen LogP contribution in [0.25, 0.3) is 0 Å². The molecular formula is C2H2O3S. The molecule has 0 aromatic carbocycles. The first-order chi connectivity index (χ1) is 2.89. The van der Waals surface area contributed by atoms with Crippen LogP contribution in [-0.4, -0.2) is 12.6 Å². The molecule has 0 bridgehead atoms. The molecule has 0 saturated carbocycles. The Labute approximate surface area is 39.0 Å². The minimum Gasteiger partial charge on any atom is -0.362 e. The molecule has 0 aromatic rings. The van der Waals surface area contributed by atoms with Gasteiger partial charge in [-0.25, -0.2) is 4.79 Å². The molecule has 0 radical (unpaired) electrons. The molecule has 34 valence electrons. The highest BCUT2D eigenvalue weighted by Gasteiger charge is 2.11. The SMILES string of the molecule is O=C1COSO1. The van der Waals surface area contributed by atoms with E-state index in [1.54, 1.807) is 0 Å². The summed E-state index contributed by atoms with van der Waals surface area (Å²) >= 11 is 0.733. The van der Waals surface area contributed by atoms with Crippen LogP contribution in [0.5, 0.6) is 0 Å². The summed E-state index contributed by atoms with van der Waals surface area (Å²) in [7, 11) is 0. The van der Waals surface area contributed by atoms with E-state index in [-0.39, 0.29) is 12.6 Å². The lowest BCUT2D eigenvalue weighted by molar-refractivity contribution is -0.131. The third-order valence-electron chi connectivity index (χ3n) is 0.352. The summed E-state index contributed by atoms with van der Waals surface area (Å²) in [5.41, 5.74) is 0. The smallest absolute Gasteiger partial charge is 0.347 e. The van der Waals surface area contributed by atoms with Crippen molar-refractivity contribution in [1.82, 2.24) is 0 Å². The second-order valence-electron chi connectivity index (χ2n) is 0.786. The van der Waals surface area contributed by atoms with Gasteiger partial charge in [-0.1, -0.05) is 0 Å². The highest BCUT2D eigenvalue weighted by atomic mass is 32.2. The van der Waals surface area contributed by atoms with Crippen LogP contribution in [0.3, 0.4) is 0 Å². The lowest BCUT2D eigenvalue weighted by atomic mass is 10.8. The maximum Gasteiger partial charge on any atom is 0.347 e. The first-order valence-corrected chi connectivity index (χ1v) is 2.05. The van der Waals surface area contributed by atoms with Crippen LogP contribution in [0.15, 0.2) is 0 Å². The predicted octanol–water partition coefficient (Wildman–Crippen LogP) is 0.123. The Bertz CT molecular complexity index is 63.2. The monoisotopic (exact) mass is 106 g/mol. The molecule has 0 aromatic heterocycles. The molecule has 4 heteroatoms. The fourth-order valence-corrected chi connectivity index (χ4v) is 0.475. The Morgan fingerprint density at radius 3 is 2.83 bits per heavy atom. The maximum absolute atomic E-state index is 9.88. The fraction of sp³-hybridized carbons (Fsp3) is 0.500. The highest BCUT2D eigenvalue weighted by molar-refractivity contribution is 7.90. The lowest BCUT2D eigenvalue weighted by Gasteiger charge is -1.73. The van der Waals surface area contributed by atoms with Crippen molar-refractivity contribution in [2.24, 2.45) is 0 Å². The molecule has 1 rings (SSSR count). The summed E-state index contributed by atoms with van der Waals surface area (Å²) in [5.74, 6) is -0.306. The summed E-state index contributed by atoms with van der Waals surface area (Å²) in [6.07, 6.45) is 0. The fourth-order valence-electron chi connectivity index (χ4n) is 0.158. The van der Waals surface area contributed by atoms with Crippen LogP contribution in [0, 0.1) is 0 Å². The van der Waals surface area contributed by atoms with Crippen LogP contribution in [-0.2, 0) is 13.2 Å². The molecule has 0 aliphatic carbocycles.